The number of non-ortho nitro benzene ring substituents is 1. The summed E-state index contributed by atoms with van der Waals surface area (Å²) in [6.45, 7) is 1.99. The molecule has 0 aliphatic heterocycles. The van der Waals surface area contributed by atoms with Gasteiger partial charge in [0.05, 0.1) is 28.7 Å². The number of hydrogen-bond acceptors (Lipinski definition) is 8. The van der Waals surface area contributed by atoms with Crippen LogP contribution in [0.15, 0.2) is 71.8 Å². The molecule has 2 N–H and O–H groups in total. The molecule has 0 saturated heterocycles. The van der Waals surface area contributed by atoms with Crippen molar-refractivity contribution in [2.45, 2.75) is 6.92 Å². The Morgan fingerprint density at radius 1 is 1.03 bits per heavy atom. The molecule has 0 fully saturated rings. The van der Waals surface area contributed by atoms with Crippen molar-refractivity contribution in [3.8, 4) is 11.5 Å². The highest BCUT2D eigenvalue weighted by Crippen LogP contribution is 2.34. The van der Waals surface area contributed by atoms with Crippen LogP contribution < -0.4 is 15.5 Å². The molecular weight excluding hydrogens is 430 g/mol. The number of nitrogens with zero attached hydrogens (tertiary/aromatic N) is 3. The maximum Gasteiger partial charge on any atom is 0.318 e. The molecule has 3 rings (SSSR count). The van der Waals surface area contributed by atoms with Crippen LogP contribution in [0.2, 0.25) is 0 Å². The first-order chi connectivity index (χ1) is 15.8. The molecule has 0 aliphatic carbocycles. The fraction of sp³-hybridized carbons (Fsp3) is 0.0909. The number of carbonyl (C=O) groups excluding carboxylic acids is 1. The average Bonchev–Trinajstić information content (AvgIpc) is 2.78. The fourth-order valence-corrected chi connectivity index (χ4v) is 2.79. The highest BCUT2D eigenvalue weighted by atomic mass is 16.6. The first kappa shape index (κ1) is 22.9. The second-order valence-electron chi connectivity index (χ2n) is 6.86. The smallest absolute Gasteiger partial charge is 0.318 e. The van der Waals surface area contributed by atoms with Crippen LogP contribution in [0.25, 0.3) is 0 Å². The molecule has 33 heavy (non-hydrogen) atoms. The lowest BCUT2D eigenvalue weighted by Gasteiger charge is -2.07. The van der Waals surface area contributed by atoms with Gasteiger partial charge in [0.1, 0.15) is 5.75 Å². The number of nitrogens with one attached hydrogen (secondary N) is 2. The Bertz CT molecular complexity index is 1230. The third-order valence-electron chi connectivity index (χ3n) is 4.31. The number of hydrogen-bond donors (Lipinski definition) is 2. The summed E-state index contributed by atoms with van der Waals surface area (Å²) in [6.07, 6.45) is 1.39. The van der Waals surface area contributed by atoms with E-state index in [0.717, 1.165) is 23.4 Å². The molecule has 0 aliphatic rings. The summed E-state index contributed by atoms with van der Waals surface area (Å²) in [6, 6.07) is 17.2. The van der Waals surface area contributed by atoms with Crippen LogP contribution in [0.4, 0.5) is 17.1 Å². The molecule has 11 heteroatoms. The summed E-state index contributed by atoms with van der Waals surface area (Å²) >= 11 is 0. The lowest BCUT2D eigenvalue weighted by atomic mass is 10.2. The zero-order valence-electron chi connectivity index (χ0n) is 17.4. The molecule has 3 aromatic rings. The summed E-state index contributed by atoms with van der Waals surface area (Å²) in [5, 5.41) is 29.0. The van der Waals surface area contributed by atoms with E-state index in [0.29, 0.717) is 5.56 Å². The second-order valence-corrected chi connectivity index (χ2v) is 6.86. The predicted molar refractivity (Wildman–Crippen MR) is 122 cm³/mol. The summed E-state index contributed by atoms with van der Waals surface area (Å²) in [4.78, 5) is 32.6. The highest BCUT2D eigenvalue weighted by Gasteiger charge is 2.21. The Kier molecular flexibility index (Phi) is 7.27. The van der Waals surface area contributed by atoms with Gasteiger partial charge in [-0.15, -0.1) is 0 Å². The van der Waals surface area contributed by atoms with Crippen LogP contribution >= 0.6 is 0 Å². The van der Waals surface area contributed by atoms with Crippen LogP contribution in [-0.4, -0.2) is 28.5 Å². The van der Waals surface area contributed by atoms with Crippen molar-refractivity contribution in [3.05, 3.63) is 98.1 Å². The topological polar surface area (TPSA) is 149 Å². The Morgan fingerprint density at radius 2 is 1.82 bits per heavy atom. The Labute approximate surface area is 188 Å². The van der Waals surface area contributed by atoms with E-state index in [1.165, 1.54) is 12.3 Å². The normalized spacial score (nSPS) is 10.6. The quantitative estimate of drug-likeness (QED) is 0.283. The number of rotatable bonds is 9. The Balaban J connectivity index is 1.61. The molecule has 11 nitrogen and oxygen atoms in total. The molecule has 0 heterocycles. The van der Waals surface area contributed by atoms with E-state index in [9.17, 15) is 25.0 Å². The van der Waals surface area contributed by atoms with Crippen LogP contribution in [0.1, 0.15) is 11.1 Å². The number of benzene rings is 3. The van der Waals surface area contributed by atoms with Crippen molar-refractivity contribution < 1.29 is 19.4 Å². The molecule has 0 aromatic heterocycles. The average molecular weight is 449 g/mol. The summed E-state index contributed by atoms with van der Waals surface area (Å²) in [7, 11) is 0. The van der Waals surface area contributed by atoms with E-state index in [4.69, 9.17) is 4.74 Å². The van der Waals surface area contributed by atoms with Crippen molar-refractivity contribution in [1.82, 2.24) is 5.43 Å². The SMILES string of the molecule is Cc1cccc(NCC(=O)N/N=C/c2cccc(Oc3ccc([N+](=O)[O-])cc3[N+](=O)[O-])c2)c1. The van der Waals surface area contributed by atoms with Crippen molar-refractivity contribution in [3.63, 3.8) is 0 Å². The van der Waals surface area contributed by atoms with Crippen LogP contribution in [0.3, 0.4) is 0 Å². The minimum Gasteiger partial charge on any atom is -0.450 e. The van der Waals surface area contributed by atoms with E-state index in [1.54, 1.807) is 24.3 Å². The highest BCUT2D eigenvalue weighted by molar-refractivity contribution is 5.84. The Morgan fingerprint density at radius 3 is 2.55 bits per heavy atom. The first-order valence-electron chi connectivity index (χ1n) is 9.65. The molecule has 168 valence electrons. The first-order valence-corrected chi connectivity index (χ1v) is 9.65. The number of ether oxygens (including phenoxy) is 1. The van der Waals surface area contributed by atoms with Crippen LogP contribution in [0, 0.1) is 27.2 Å². The number of carbonyl (C=O) groups is 1. The monoisotopic (exact) mass is 449 g/mol. The van der Waals surface area contributed by atoms with Crippen molar-refractivity contribution in [2.75, 3.05) is 11.9 Å². The minimum atomic E-state index is -0.756. The van der Waals surface area contributed by atoms with Gasteiger partial charge in [-0.2, -0.15) is 5.10 Å². The maximum atomic E-state index is 12.0. The number of nitro benzene ring substituents is 2. The van der Waals surface area contributed by atoms with Crippen LogP contribution in [0.5, 0.6) is 11.5 Å². The van der Waals surface area contributed by atoms with Gasteiger partial charge in [0.25, 0.3) is 11.6 Å². The molecule has 0 saturated carbocycles. The van der Waals surface area contributed by atoms with E-state index < -0.39 is 21.2 Å². The second kappa shape index (κ2) is 10.5. The summed E-state index contributed by atoms with van der Waals surface area (Å²) in [5.41, 5.74) is 3.90. The number of aryl methyl sites for hydroxylation is 1. The van der Waals surface area contributed by atoms with E-state index in [-0.39, 0.29) is 24.0 Å². The third-order valence-corrected chi connectivity index (χ3v) is 4.31. The van der Waals surface area contributed by atoms with Crippen molar-refractivity contribution in [2.24, 2.45) is 5.10 Å². The largest absolute Gasteiger partial charge is 0.450 e. The predicted octanol–water partition coefficient (Wildman–Crippen LogP) is 4.17. The van der Waals surface area contributed by atoms with Gasteiger partial charge >= 0.3 is 5.69 Å². The summed E-state index contributed by atoms with van der Waals surface area (Å²) in [5.74, 6) is -0.236. The van der Waals surface area contributed by atoms with Gasteiger partial charge in [-0.3, -0.25) is 25.0 Å². The number of nitro groups is 2. The number of hydrazone groups is 1. The van der Waals surface area contributed by atoms with E-state index in [2.05, 4.69) is 15.8 Å². The van der Waals surface area contributed by atoms with Gasteiger partial charge in [0.2, 0.25) is 5.75 Å². The van der Waals surface area contributed by atoms with Gasteiger partial charge in [0.15, 0.2) is 0 Å². The van der Waals surface area contributed by atoms with Gasteiger partial charge in [-0.05, 0) is 48.4 Å². The lowest BCUT2D eigenvalue weighted by Crippen LogP contribution is -2.25. The fourth-order valence-electron chi connectivity index (χ4n) is 2.79. The lowest BCUT2D eigenvalue weighted by molar-refractivity contribution is -0.394. The van der Waals surface area contributed by atoms with Gasteiger partial charge in [0, 0.05) is 11.8 Å². The van der Waals surface area contributed by atoms with E-state index in [1.807, 2.05) is 31.2 Å². The molecular formula is C22H19N5O6. The molecule has 1 amide bonds. The third kappa shape index (κ3) is 6.59. The summed E-state index contributed by atoms with van der Waals surface area (Å²) < 4.78 is 5.55. The van der Waals surface area contributed by atoms with Gasteiger partial charge < -0.3 is 10.1 Å². The van der Waals surface area contributed by atoms with Crippen LogP contribution in [-0.2, 0) is 4.79 Å². The Hall–Kier alpha value is -4.80. The van der Waals surface area contributed by atoms with Crippen molar-refractivity contribution >= 4 is 29.2 Å². The molecule has 0 bridgehead atoms. The molecule has 0 spiro atoms. The van der Waals surface area contributed by atoms with Crippen molar-refractivity contribution in [1.29, 1.82) is 0 Å². The molecule has 3 aromatic carbocycles. The standard InChI is InChI=1S/C22H19N5O6/c1-15-4-2-6-17(10-15)23-14-22(28)25-24-13-16-5-3-7-19(11-16)33-21-9-8-18(26(29)30)12-20(21)27(31)32/h2-13,23H,14H2,1H3,(H,25,28)/b24-13+. The zero-order valence-corrected chi connectivity index (χ0v) is 17.4. The molecule has 0 radical (unpaired) electrons. The van der Waals surface area contributed by atoms with Gasteiger partial charge in [-0.25, -0.2) is 5.43 Å². The number of anilines is 1. The molecule has 0 atom stereocenters. The zero-order chi connectivity index (χ0) is 23.8. The molecule has 0 unspecified atom stereocenters. The number of amides is 1. The maximum absolute atomic E-state index is 12.0. The van der Waals surface area contributed by atoms with E-state index >= 15 is 0 Å². The minimum absolute atomic E-state index is 0.0355. The van der Waals surface area contributed by atoms with Gasteiger partial charge in [-0.1, -0.05) is 24.3 Å².